The van der Waals surface area contributed by atoms with E-state index >= 15 is 8.78 Å². The minimum atomic E-state index is -3.82. The molecule has 2 heterocycles. The van der Waals surface area contributed by atoms with Gasteiger partial charge in [0.15, 0.2) is 5.82 Å². The van der Waals surface area contributed by atoms with Crippen molar-refractivity contribution in [2.45, 2.75) is 75.0 Å². The second-order valence-electron chi connectivity index (χ2n) is 10.5. The summed E-state index contributed by atoms with van der Waals surface area (Å²) in [5.74, 6) is -1.13. The van der Waals surface area contributed by atoms with Crippen LogP contribution in [0.15, 0.2) is 42.5 Å². The zero-order chi connectivity index (χ0) is 26.6. The molecule has 1 saturated heterocycles. The third kappa shape index (κ3) is 4.47. The molecule has 0 spiro atoms. The first-order valence-electron chi connectivity index (χ1n) is 12.3. The van der Waals surface area contributed by atoms with Gasteiger partial charge < -0.3 is 10.2 Å². The summed E-state index contributed by atoms with van der Waals surface area (Å²) in [7, 11) is -3.82. The largest absolute Gasteiger partial charge is 0.390 e. The summed E-state index contributed by atoms with van der Waals surface area (Å²) >= 11 is 0. The van der Waals surface area contributed by atoms with Gasteiger partial charge in [0.05, 0.1) is 11.0 Å². The molecule has 0 bridgehead atoms. The van der Waals surface area contributed by atoms with Gasteiger partial charge in [0.2, 0.25) is 10.0 Å². The Balaban J connectivity index is 1.49. The predicted molar refractivity (Wildman–Crippen MR) is 132 cm³/mol. The highest BCUT2D eigenvalue weighted by Gasteiger charge is 2.56. The van der Waals surface area contributed by atoms with Crippen molar-refractivity contribution >= 4 is 10.0 Å². The number of aromatic nitrogens is 3. The summed E-state index contributed by atoms with van der Waals surface area (Å²) in [5.41, 5.74) is -1.67. The van der Waals surface area contributed by atoms with E-state index in [-0.39, 0.29) is 48.2 Å². The number of hydrogen-bond acceptors (Lipinski definition) is 6. The molecule has 1 unspecified atom stereocenters. The van der Waals surface area contributed by atoms with Crippen molar-refractivity contribution in [1.29, 1.82) is 0 Å². The summed E-state index contributed by atoms with van der Waals surface area (Å²) < 4.78 is 59.5. The zero-order valence-corrected chi connectivity index (χ0v) is 21.5. The third-order valence-corrected chi connectivity index (χ3v) is 10.0. The van der Waals surface area contributed by atoms with Gasteiger partial charge >= 0.3 is 0 Å². The Kier molecular flexibility index (Phi) is 6.46. The van der Waals surface area contributed by atoms with Crippen LogP contribution in [0.2, 0.25) is 0 Å². The van der Waals surface area contributed by atoms with Crippen LogP contribution in [0.3, 0.4) is 0 Å². The van der Waals surface area contributed by atoms with Crippen LogP contribution in [-0.4, -0.2) is 49.8 Å². The van der Waals surface area contributed by atoms with Crippen LogP contribution in [0, 0.1) is 11.6 Å². The Morgan fingerprint density at radius 1 is 1.14 bits per heavy atom. The number of hydrogen-bond donors (Lipinski definition) is 3. The van der Waals surface area contributed by atoms with Crippen molar-refractivity contribution < 1.29 is 27.4 Å². The van der Waals surface area contributed by atoms with E-state index in [4.69, 9.17) is 0 Å². The summed E-state index contributed by atoms with van der Waals surface area (Å²) in [6, 6.07) is 10.7. The molecule has 1 aromatic heterocycles. The number of sulfonamides is 1. The number of aromatic amines is 1. The molecule has 1 aliphatic heterocycles. The molecule has 5 rings (SSSR count). The molecule has 2 atom stereocenters. The second-order valence-corrected chi connectivity index (χ2v) is 12.6. The van der Waals surface area contributed by atoms with Crippen LogP contribution >= 0.6 is 0 Å². The average Bonchev–Trinajstić information content (AvgIpc) is 3.32. The Morgan fingerprint density at radius 3 is 2.46 bits per heavy atom. The summed E-state index contributed by atoms with van der Waals surface area (Å²) in [6.07, 6.45) is 1.20. The highest BCUT2D eigenvalue weighted by molar-refractivity contribution is 7.89. The second kappa shape index (κ2) is 9.23. The molecule has 0 amide bonds. The van der Waals surface area contributed by atoms with Gasteiger partial charge in [-0.25, -0.2) is 22.2 Å². The molecule has 2 aliphatic rings. The van der Waals surface area contributed by atoms with E-state index in [0.29, 0.717) is 18.4 Å². The number of aliphatic hydroxyl groups is 2. The van der Waals surface area contributed by atoms with E-state index in [0.717, 1.165) is 12.1 Å². The van der Waals surface area contributed by atoms with Gasteiger partial charge in [-0.3, -0.25) is 5.10 Å². The lowest BCUT2D eigenvalue weighted by molar-refractivity contribution is -0.0648. The van der Waals surface area contributed by atoms with E-state index < -0.39 is 44.5 Å². The van der Waals surface area contributed by atoms with Crippen LogP contribution in [0.1, 0.15) is 73.1 Å². The molecular formula is C26H30F2N4O4S. The summed E-state index contributed by atoms with van der Waals surface area (Å²) in [4.78, 5) is 4.21. The predicted octanol–water partition coefficient (Wildman–Crippen LogP) is 3.46. The average molecular weight is 533 g/mol. The van der Waals surface area contributed by atoms with Crippen LogP contribution in [-0.2, 0) is 28.6 Å². The molecule has 1 saturated carbocycles. The number of halogens is 2. The molecular weight excluding hydrogens is 502 g/mol. The lowest BCUT2D eigenvalue weighted by Gasteiger charge is -2.50. The molecule has 3 N–H and O–H groups in total. The maximum atomic E-state index is 15.6. The van der Waals surface area contributed by atoms with Crippen molar-refractivity contribution in [3.05, 3.63) is 82.4 Å². The number of benzene rings is 2. The quantitative estimate of drug-likeness (QED) is 0.447. The lowest BCUT2D eigenvalue weighted by atomic mass is 9.56. The minimum Gasteiger partial charge on any atom is -0.390 e. The molecule has 0 radical (unpaired) electrons. The molecule has 2 fully saturated rings. The Labute approximate surface area is 214 Å². The Morgan fingerprint density at radius 2 is 1.84 bits per heavy atom. The first-order chi connectivity index (χ1) is 17.5. The maximum absolute atomic E-state index is 15.6. The van der Waals surface area contributed by atoms with E-state index in [1.54, 1.807) is 38.1 Å². The SMILES string of the molecule is C[C@H]1CCC(c2ccccc2)S(=O)(=O)N1Cc1cc(F)c([C@]2(c3nc(CO)n[nH]3)C[C@](C)(O)C2)cc1F. The van der Waals surface area contributed by atoms with Crippen molar-refractivity contribution in [2.75, 3.05) is 0 Å². The summed E-state index contributed by atoms with van der Waals surface area (Å²) in [5, 5.41) is 25.7. The van der Waals surface area contributed by atoms with Gasteiger partial charge in [-0.05, 0) is 57.2 Å². The fourth-order valence-electron chi connectivity index (χ4n) is 5.91. The van der Waals surface area contributed by atoms with Gasteiger partial charge in [-0.15, -0.1) is 0 Å². The van der Waals surface area contributed by atoms with E-state index in [2.05, 4.69) is 15.2 Å². The normalized spacial score (nSPS) is 29.7. The van der Waals surface area contributed by atoms with E-state index in [1.807, 2.05) is 6.07 Å². The lowest BCUT2D eigenvalue weighted by Crippen LogP contribution is -2.54. The fraction of sp³-hybridized carbons (Fsp3) is 0.462. The van der Waals surface area contributed by atoms with Gasteiger partial charge in [0.25, 0.3) is 0 Å². The smallest absolute Gasteiger partial charge is 0.221 e. The molecule has 11 heteroatoms. The third-order valence-electron chi connectivity index (χ3n) is 7.67. The summed E-state index contributed by atoms with van der Waals surface area (Å²) in [6.45, 7) is 2.65. The Bertz CT molecular complexity index is 1400. The minimum absolute atomic E-state index is 0.00220. The molecule has 3 aromatic rings. The van der Waals surface area contributed by atoms with Crippen molar-refractivity contribution in [2.24, 2.45) is 0 Å². The van der Waals surface area contributed by atoms with E-state index in [9.17, 15) is 18.6 Å². The van der Waals surface area contributed by atoms with Gasteiger partial charge in [0, 0.05) is 23.7 Å². The molecule has 198 valence electrons. The molecule has 37 heavy (non-hydrogen) atoms. The zero-order valence-electron chi connectivity index (χ0n) is 20.7. The first kappa shape index (κ1) is 25.9. The fourth-order valence-corrected chi connectivity index (χ4v) is 8.10. The molecule has 2 aromatic carbocycles. The number of aliphatic hydroxyl groups excluding tert-OH is 1. The first-order valence-corrected chi connectivity index (χ1v) is 13.8. The van der Waals surface area contributed by atoms with Crippen LogP contribution < -0.4 is 0 Å². The number of rotatable bonds is 6. The van der Waals surface area contributed by atoms with Gasteiger partial charge in [-0.2, -0.15) is 9.40 Å². The highest BCUT2D eigenvalue weighted by atomic mass is 32.2. The van der Waals surface area contributed by atoms with Crippen LogP contribution in [0.25, 0.3) is 0 Å². The van der Waals surface area contributed by atoms with E-state index in [1.165, 1.54) is 4.31 Å². The van der Waals surface area contributed by atoms with Gasteiger partial charge in [0.1, 0.15) is 29.3 Å². The number of nitrogens with zero attached hydrogens (tertiary/aromatic N) is 3. The van der Waals surface area contributed by atoms with Crippen molar-refractivity contribution in [3.63, 3.8) is 0 Å². The van der Waals surface area contributed by atoms with Gasteiger partial charge in [-0.1, -0.05) is 30.3 Å². The number of H-pyrrole nitrogens is 1. The maximum Gasteiger partial charge on any atom is 0.221 e. The molecule has 8 nitrogen and oxygen atoms in total. The standard InChI is InChI=1S/C26H30F2N4O4S/c1-16-8-9-22(17-6-4-3-5-7-17)37(35,36)32(16)12-18-10-21(28)19(11-20(18)27)26(14-25(2,34)15-26)24-29-23(13-33)30-31-24/h3-7,10-11,16,22,33-34H,8-9,12-15H2,1-2H3,(H,29,30,31)/t16-,22?,25-,26-/m0/s1. The topological polar surface area (TPSA) is 119 Å². The van der Waals surface area contributed by atoms with Crippen LogP contribution in [0.4, 0.5) is 8.78 Å². The monoisotopic (exact) mass is 532 g/mol. The molecule has 1 aliphatic carbocycles. The van der Waals surface area contributed by atoms with Crippen molar-refractivity contribution in [3.8, 4) is 0 Å². The number of nitrogens with one attached hydrogen (secondary N) is 1. The highest BCUT2D eigenvalue weighted by Crippen LogP contribution is 2.54. The Hall–Kier alpha value is -2.73. The van der Waals surface area contributed by atoms with Crippen molar-refractivity contribution in [1.82, 2.24) is 19.5 Å². The van der Waals surface area contributed by atoms with Crippen LogP contribution in [0.5, 0.6) is 0 Å².